The fourth-order valence-corrected chi connectivity index (χ4v) is 1.70. The number of aliphatic hydroxyl groups is 1. The standard InChI is InChI=1S/C8H15NO2/c10-6-8(1-2-8)7-5-9-3-4-11-7/h7,9-10H,1-6H2. The van der Waals surface area contributed by atoms with Crippen molar-refractivity contribution in [2.45, 2.75) is 18.9 Å². The number of morpholine rings is 1. The molecular weight excluding hydrogens is 142 g/mol. The molecule has 1 unspecified atom stereocenters. The molecule has 3 heteroatoms. The van der Waals surface area contributed by atoms with Crippen molar-refractivity contribution in [3.8, 4) is 0 Å². The molecule has 3 nitrogen and oxygen atoms in total. The molecule has 0 aromatic heterocycles. The largest absolute Gasteiger partial charge is 0.396 e. The Balaban J connectivity index is 1.92. The maximum atomic E-state index is 9.10. The summed E-state index contributed by atoms with van der Waals surface area (Å²) < 4.78 is 5.57. The van der Waals surface area contributed by atoms with E-state index in [1.807, 2.05) is 0 Å². The average molecular weight is 157 g/mol. The zero-order chi connectivity index (χ0) is 7.73. The van der Waals surface area contributed by atoms with E-state index in [9.17, 15) is 0 Å². The fraction of sp³-hybridized carbons (Fsp3) is 1.00. The first-order chi connectivity index (χ1) is 5.37. The molecule has 0 radical (unpaired) electrons. The summed E-state index contributed by atoms with van der Waals surface area (Å²) in [6.07, 6.45) is 2.53. The smallest absolute Gasteiger partial charge is 0.0778 e. The zero-order valence-electron chi connectivity index (χ0n) is 6.68. The minimum Gasteiger partial charge on any atom is -0.396 e. The Kier molecular flexibility index (Phi) is 1.87. The van der Waals surface area contributed by atoms with Crippen molar-refractivity contribution >= 4 is 0 Å². The van der Waals surface area contributed by atoms with E-state index in [4.69, 9.17) is 9.84 Å². The topological polar surface area (TPSA) is 41.5 Å². The van der Waals surface area contributed by atoms with Gasteiger partial charge < -0.3 is 15.2 Å². The van der Waals surface area contributed by atoms with Gasteiger partial charge in [-0.25, -0.2) is 0 Å². The van der Waals surface area contributed by atoms with Crippen molar-refractivity contribution in [1.29, 1.82) is 0 Å². The summed E-state index contributed by atoms with van der Waals surface area (Å²) in [6, 6.07) is 0. The van der Waals surface area contributed by atoms with Gasteiger partial charge in [0.1, 0.15) is 0 Å². The number of hydrogen-bond acceptors (Lipinski definition) is 3. The normalized spacial score (nSPS) is 35.2. The van der Waals surface area contributed by atoms with Crippen molar-refractivity contribution in [3.63, 3.8) is 0 Å². The summed E-state index contributed by atoms with van der Waals surface area (Å²) in [7, 11) is 0. The van der Waals surface area contributed by atoms with E-state index in [1.165, 1.54) is 0 Å². The van der Waals surface area contributed by atoms with E-state index >= 15 is 0 Å². The molecule has 1 saturated carbocycles. The Morgan fingerprint density at radius 2 is 2.36 bits per heavy atom. The van der Waals surface area contributed by atoms with E-state index in [1.54, 1.807) is 0 Å². The molecule has 2 rings (SSSR count). The first-order valence-corrected chi connectivity index (χ1v) is 4.31. The van der Waals surface area contributed by atoms with Crippen LogP contribution in [-0.4, -0.2) is 37.5 Å². The van der Waals surface area contributed by atoms with Crippen LogP contribution in [-0.2, 0) is 4.74 Å². The van der Waals surface area contributed by atoms with Crippen molar-refractivity contribution in [2.24, 2.45) is 5.41 Å². The first-order valence-electron chi connectivity index (χ1n) is 4.31. The molecule has 0 aromatic carbocycles. The van der Waals surface area contributed by atoms with Crippen LogP contribution >= 0.6 is 0 Å². The number of aliphatic hydroxyl groups excluding tert-OH is 1. The molecule has 1 atom stereocenters. The molecule has 0 amide bonds. The Hall–Kier alpha value is -0.120. The summed E-state index contributed by atoms with van der Waals surface area (Å²) in [6.45, 7) is 2.96. The molecule has 0 spiro atoms. The maximum Gasteiger partial charge on any atom is 0.0778 e. The Morgan fingerprint density at radius 1 is 1.55 bits per heavy atom. The molecule has 11 heavy (non-hydrogen) atoms. The second kappa shape index (κ2) is 2.73. The molecule has 1 aliphatic heterocycles. The molecule has 1 heterocycles. The zero-order valence-corrected chi connectivity index (χ0v) is 6.68. The van der Waals surface area contributed by atoms with E-state index in [0.717, 1.165) is 32.5 Å². The highest BCUT2D eigenvalue weighted by molar-refractivity contribution is 5.00. The summed E-state index contributed by atoms with van der Waals surface area (Å²) >= 11 is 0. The van der Waals surface area contributed by atoms with Gasteiger partial charge in [-0.15, -0.1) is 0 Å². The SMILES string of the molecule is OCC1(C2CNCCO2)CC1. The third-order valence-electron chi connectivity index (χ3n) is 2.82. The van der Waals surface area contributed by atoms with Crippen LogP contribution in [0.1, 0.15) is 12.8 Å². The second-order valence-corrected chi connectivity index (χ2v) is 3.58. The lowest BCUT2D eigenvalue weighted by Gasteiger charge is -2.29. The predicted molar refractivity (Wildman–Crippen MR) is 41.4 cm³/mol. The molecule has 64 valence electrons. The van der Waals surface area contributed by atoms with Gasteiger partial charge in [-0.05, 0) is 12.8 Å². The van der Waals surface area contributed by atoms with Gasteiger partial charge in [-0.3, -0.25) is 0 Å². The highest BCUT2D eigenvalue weighted by Crippen LogP contribution is 2.49. The summed E-state index contributed by atoms with van der Waals surface area (Å²) in [4.78, 5) is 0. The van der Waals surface area contributed by atoms with Crippen LogP contribution in [0.5, 0.6) is 0 Å². The Labute approximate surface area is 66.7 Å². The number of hydrogen-bond donors (Lipinski definition) is 2. The second-order valence-electron chi connectivity index (χ2n) is 3.58. The minimum absolute atomic E-state index is 0.132. The number of rotatable bonds is 2. The predicted octanol–water partition coefficient (Wildman–Crippen LogP) is -0.253. The van der Waals surface area contributed by atoms with Crippen LogP contribution < -0.4 is 5.32 Å². The third-order valence-corrected chi connectivity index (χ3v) is 2.82. The first kappa shape index (κ1) is 7.53. The third kappa shape index (κ3) is 1.28. The van der Waals surface area contributed by atoms with Gasteiger partial charge >= 0.3 is 0 Å². The van der Waals surface area contributed by atoms with Crippen molar-refractivity contribution < 1.29 is 9.84 Å². The van der Waals surface area contributed by atoms with Crippen LogP contribution in [0.15, 0.2) is 0 Å². The van der Waals surface area contributed by atoms with Crippen LogP contribution in [0.3, 0.4) is 0 Å². The molecule has 0 bridgehead atoms. The Morgan fingerprint density at radius 3 is 2.82 bits per heavy atom. The molecule has 0 aromatic rings. The van der Waals surface area contributed by atoms with Crippen molar-refractivity contribution in [3.05, 3.63) is 0 Å². The lowest BCUT2D eigenvalue weighted by atomic mass is 9.99. The highest BCUT2D eigenvalue weighted by atomic mass is 16.5. The van der Waals surface area contributed by atoms with E-state index in [0.29, 0.717) is 6.61 Å². The van der Waals surface area contributed by atoms with Crippen molar-refractivity contribution in [2.75, 3.05) is 26.3 Å². The average Bonchev–Trinajstić information content (AvgIpc) is 2.86. The van der Waals surface area contributed by atoms with E-state index < -0.39 is 0 Å². The van der Waals surface area contributed by atoms with E-state index in [-0.39, 0.29) is 11.5 Å². The lowest BCUT2D eigenvalue weighted by molar-refractivity contribution is -0.0358. The monoisotopic (exact) mass is 157 g/mol. The summed E-state index contributed by atoms with van der Waals surface area (Å²) in [5.74, 6) is 0. The molecule has 1 saturated heterocycles. The van der Waals surface area contributed by atoms with Gasteiger partial charge in [0.15, 0.2) is 0 Å². The van der Waals surface area contributed by atoms with Gasteiger partial charge in [0.05, 0.1) is 19.3 Å². The van der Waals surface area contributed by atoms with Crippen LogP contribution in [0.4, 0.5) is 0 Å². The summed E-state index contributed by atoms with van der Waals surface area (Å²) in [5.41, 5.74) is 0.132. The van der Waals surface area contributed by atoms with Crippen LogP contribution in [0.25, 0.3) is 0 Å². The van der Waals surface area contributed by atoms with Gasteiger partial charge in [-0.1, -0.05) is 0 Å². The van der Waals surface area contributed by atoms with Gasteiger partial charge in [0.25, 0.3) is 0 Å². The molecule has 2 aliphatic rings. The molecular formula is C8H15NO2. The molecule has 2 fully saturated rings. The van der Waals surface area contributed by atoms with Crippen molar-refractivity contribution in [1.82, 2.24) is 5.32 Å². The number of nitrogens with one attached hydrogen (secondary N) is 1. The van der Waals surface area contributed by atoms with Gasteiger partial charge in [0.2, 0.25) is 0 Å². The quantitative estimate of drug-likeness (QED) is 0.580. The molecule has 1 aliphatic carbocycles. The fourth-order valence-electron chi connectivity index (χ4n) is 1.70. The minimum atomic E-state index is 0.132. The maximum absolute atomic E-state index is 9.10. The Bertz CT molecular complexity index is 139. The summed E-state index contributed by atoms with van der Waals surface area (Å²) in [5, 5.41) is 12.4. The highest BCUT2D eigenvalue weighted by Gasteiger charge is 2.49. The van der Waals surface area contributed by atoms with Gasteiger partial charge in [0, 0.05) is 18.5 Å². The van der Waals surface area contributed by atoms with Crippen LogP contribution in [0, 0.1) is 5.41 Å². The number of ether oxygens (including phenoxy) is 1. The van der Waals surface area contributed by atoms with E-state index in [2.05, 4.69) is 5.32 Å². The van der Waals surface area contributed by atoms with Gasteiger partial charge in [-0.2, -0.15) is 0 Å². The van der Waals surface area contributed by atoms with Crippen LogP contribution in [0.2, 0.25) is 0 Å². The molecule has 2 N–H and O–H groups in total. The lowest BCUT2D eigenvalue weighted by Crippen LogP contribution is -2.44.